The fraction of sp³-hybridized carbons (Fsp3) is 0.500. The molecule has 144 valence electrons. The molecule has 1 heterocycles. The maximum absolute atomic E-state index is 12.4. The van der Waals surface area contributed by atoms with E-state index in [1.165, 1.54) is 23.9 Å². The highest BCUT2D eigenvalue weighted by Gasteiger charge is 2.21. The fourth-order valence-electron chi connectivity index (χ4n) is 3.61. The van der Waals surface area contributed by atoms with Gasteiger partial charge in [-0.25, -0.2) is 4.68 Å². The van der Waals surface area contributed by atoms with Crippen LogP contribution in [0.2, 0.25) is 0 Å². The SMILES string of the molecule is CC(NC(=O)CC1CCCCC1)c1nn(Cc2ccccc2)c(N)nc1=O. The first-order valence-corrected chi connectivity index (χ1v) is 9.60. The Balaban J connectivity index is 1.69. The summed E-state index contributed by atoms with van der Waals surface area (Å²) in [7, 11) is 0. The van der Waals surface area contributed by atoms with Crippen LogP contribution in [0.4, 0.5) is 5.95 Å². The third-order valence-corrected chi connectivity index (χ3v) is 5.09. The number of hydrogen-bond donors (Lipinski definition) is 2. The predicted octanol–water partition coefficient (Wildman–Crippen LogP) is 2.42. The average molecular weight is 369 g/mol. The molecule has 0 aliphatic heterocycles. The molecule has 1 unspecified atom stereocenters. The molecule has 1 aromatic carbocycles. The highest BCUT2D eigenvalue weighted by atomic mass is 16.2. The lowest BCUT2D eigenvalue weighted by Gasteiger charge is -2.22. The first kappa shape index (κ1) is 19.1. The maximum atomic E-state index is 12.4. The van der Waals surface area contributed by atoms with Crippen LogP contribution < -0.4 is 16.6 Å². The first-order chi connectivity index (χ1) is 13.0. The molecule has 3 N–H and O–H groups in total. The molecule has 27 heavy (non-hydrogen) atoms. The van der Waals surface area contributed by atoms with Crippen molar-refractivity contribution in [2.24, 2.45) is 5.92 Å². The van der Waals surface area contributed by atoms with Crippen LogP contribution >= 0.6 is 0 Å². The summed E-state index contributed by atoms with van der Waals surface area (Å²) in [5.41, 5.74) is 6.57. The molecule has 1 aliphatic rings. The van der Waals surface area contributed by atoms with Crippen molar-refractivity contribution in [2.75, 3.05) is 5.73 Å². The first-order valence-electron chi connectivity index (χ1n) is 9.60. The summed E-state index contributed by atoms with van der Waals surface area (Å²) in [5, 5.41) is 7.27. The largest absolute Gasteiger partial charge is 0.368 e. The van der Waals surface area contributed by atoms with Gasteiger partial charge in [0.2, 0.25) is 11.9 Å². The molecule has 1 saturated carbocycles. The van der Waals surface area contributed by atoms with Gasteiger partial charge < -0.3 is 11.1 Å². The van der Waals surface area contributed by atoms with Gasteiger partial charge in [0, 0.05) is 6.42 Å². The molecule has 1 aliphatic carbocycles. The Labute approximate surface area is 159 Å². The molecule has 0 spiro atoms. The van der Waals surface area contributed by atoms with Gasteiger partial charge in [-0.3, -0.25) is 9.59 Å². The summed E-state index contributed by atoms with van der Waals surface area (Å²) in [4.78, 5) is 28.5. The normalized spacial score (nSPS) is 16.0. The summed E-state index contributed by atoms with van der Waals surface area (Å²) in [5.74, 6) is 0.466. The van der Waals surface area contributed by atoms with Gasteiger partial charge in [0.15, 0.2) is 5.69 Å². The van der Waals surface area contributed by atoms with Crippen LogP contribution in [0.5, 0.6) is 0 Å². The standard InChI is InChI=1S/C20H27N5O2/c1-14(22-17(26)12-15-8-4-2-5-9-15)18-19(27)23-20(21)25(24-18)13-16-10-6-3-7-11-16/h3,6-7,10-11,14-15H,2,4-5,8-9,12-13H2,1H3,(H,22,26)(H2,21,23,27). The Morgan fingerprint density at radius 3 is 2.67 bits per heavy atom. The Morgan fingerprint density at radius 1 is 1.26 bits per heavy atom. The topological polar surface area (TPSA) is 103 Å². The molecule has 1 atom stereocenters. The molecule has 2 aromatic rings. The Hall–Kier alpha value is -2.70. The van der Waals surface area contributed by atoms with E-state index in [-0.39, 0.29) is 17.5 Å². The number of nitrogens with zero attached hydrogens (tertiary/aromatic N) is 3. The van der Waals surface area contributed by atoms with Gasteiger partial charge in [-0.1, -0.05) is 49.6 Å². The summed E-state index contributed by atoms with van der Waals surface area (Å²) in [6.07, 6.45) is 6.37. The molecular weight excluding hydrogens is 342 g/mol. The highest BCUT2D eigenvalue weighted by molar-refractivity contribution is 5.76. The monoisotopic (exact) mass is 369 g/mol. The summed E-state index contributed by atoms with van der Waals surface area (Å²) >= 11 is 0. The van der Waals surface area contributed by atoms with Crippen LogP contribution in [-0.4, -0.2) is 20.7 Å². The number of nitrogens with two attached hydrogens (primary N) is 1. The second-order valence-corrected chi connectivity index (χ2v) is 7.30. The number of nitrogen functional groups attached to an aromatic ring is 1. The van der Waals surface area contributed by atoms with Crippen LogP contribution in [-0.2, 0) is 11.3 Å². The van der Waals surface area contributed by atoms with E-state index in [0.29, 0.717) is 18.9 Å². The minimum absolute atomic E-state index is 0.0398. The summed E-state index contributed by atoms with van der Waals surface area (Å²) < 4.78 is 1.50. The second kappa shape index (κ2) is 8.79. The Bertz CT molecular complexity index is 828. The summed E-state index contributed by atoms with van der Waals surface area (Å²) in [6.45, 7) is 2.17. The van der Waals surface area contributed by atoms with Crippen molar-refractivity contribution < 1.29 is 4.79 Å². The zero-order valence-electron chi connectivity index (χ0n) is 15.7. The maximum Gasteiger partial charge on any atom is 0.298 e. The van der Waals surface area contributed by atoms with Gasteiger partial charge in [-0.2, -0.15) is 10.1 Å². The van der Waals surface area contributed by atoms with Crippen LogP contribution in [0.15, 0.2) is 35.1 Å². The number of anilines is 1. The lowest BCUT2D eigenvalue weighted by atomic mass is 9.87. The molecular formula is C20H27N5O2. The molecule has 1 fully saturated rings. The van der Waals surface area contributed by atoms with E-state index in [0.717, 1.165) is 18.4 Å². The lowest BCUT2D eigenvalue weighted by Crippen LogP contribution is -2.35. The van der Waals surface area contributed by atoms with Gasteiger partial charge in [-0.15, -0.1) is 0 Å². The molecule has 7 nitrogen and oxygen atoms in total. The van der Waals surface area contributed by atoms with E-state index in [4.69, 9.17) is 5.73 Å². The van der Waals surface area contributed by atoms with E-state index in [1.54, 1.807) is 6.92 Å². The highest BCUT2D eigenvalue weighted by Crippen LogP contribution is 2.26. The molecule has 0 saturated heterocycles. The second-order valence-electron chi connectivity index (χ2n) is 7.30. The number of aromatic nitrogens is 3. The third-order valence-electron chi connectivity index (χ3n) is 5.09. The number of hydrogen-bond acceptors (Lipinski definition) is 5. The van der Waals surface area contributed by atoms with Crippen LogP contribution in [0, 0.1) is 5.92 Å². The van der Waals surface area contributed by atoms with Gasteiger partial charge in [0.25, 0.3) is 5.56 Å². The molecule has 0 bridgehead atoms. The van der Waals surface area contributed by atoms with Crippen molar-refractivity contribution in [3.8, 4) is 0 Å². The summed E-state index contributed by atoms with van der Waals surface area (Å²) in [6, 6.07) is 9.18. The van der Waals surface area contributed by atoms with Crippen molar-refractivity contribution in [3.05, 3.63) is 51.9 Å². The molecule has 7 heteroatoms. The van der Waals surface area contributed by atoms with Crippen molar-refractivity contribution in [3.63, 3.8) is 0 Å². The van der Waals surface area contributed by atoms with Crippen molar-refractivity contribution in [1.82, 2.24) is 20.1 Å². The Morgan fingerprint density at radius 2 is 1.96 bits per heavy atom. The van der Waals surface area contributed by atoms with E-state index in [1.807, 2.05) is 30.3 Å². The van der Waals surface area contributed by atoms with Gasteiger partial charge in [0.05, 0.1) is 12.6 Å². The zero-order chi connectivity index (χ0) is 19.2. The number of amides is 1. The van der Waals surface area contributed by atoms with Crippen LogP contribution in [0.3, 0.4) is 0 Å². The van der Waals surface area contributed by atoms with Crippen molar-refractivity contribution in [2.45, 2.75) is 58.0 Å². The number of carbonyl (C=O) groups is 1. The lowest BCUT2D eigenvalue weighted by molar-refractivity contribution is -0.122. The molecule has 3 rings (SSSR count). The quantitative estimate of drug-likeness (QED) is 0.814. The molecule has 0 radical (unpaired) electrons. The minimum atomic E-state index is -0.510. The van der Waals surface area contributed by atoms with E-state index in [9.17, 15) is 9.59 Å². The van der Waals surface area contributed by atoms with Crippen molar-refractivity contribution >= 4 is 11.9 Å². The van der Waals surface area contributed by atoms with E-state index < -0.39 is 11.6 Å². The van der Waals surface area contributed by atoms with E-state index >= 15 is 0 Å². The fourth-order valence-corrected chi connectivity index (χ4v) is 3.61. The van der Waals surface area contributed by atoms with Gasteiger partial charge in [0.1, 0.15) is 0 Å². The van der Waals surface area contributed by atoms with E-state index in [2.05, 4.69) is 15.4 Å². The van der Waals surface area contributed by atoms with Crippen molar-refractivity contribution in [1.29, 1.82) is 0 Å². The molecule has 1 amide bonds. The van der Waals surface area contributed by atoms with Gasteiger partial charge in [-0.05, 0) is 31.2 Å². The predicted molar refractivity (Wildman–Crippen MR) is 104 cm³/mol. The minimum Gasteiger partial charge on any atom is -0.368 e. The number of carbonyl (C=O) groups excluding carboxylic acids is 1. The Kier molecular flexibility index (Phi) is 6.21. The number of nitrogens with one attached hydrogen (secondary N) is 1. The smallest absolute Gasteiger partial charge is 0.298 e. The molecule has 1 aromatic heterocycles. The number of benzene rings is 1. The van der Waals surface area contributed by atoms with Crippen LogP contribution in [0.25, 0.3) is 0 Å². The van der Waals surface area contributed by atoms with Crippen LogP contribution in [0.1, 0.15) is 62.7 Å². The number of rotatable bonds is 6. The van der Waals surface area contributed by atoms with Gasteiger partial charge >= 0.3 is 0 Å². The zero-order valence-corrected chi connectivity index (χ0v) is 15.7. The average Bonchev–Trinajstić information content (AvgIpc) is 2.65. The third kappa shape index (κ3) is 5.15.